The molecule has 1 fully saturated rings. The molecule has 3 rings (SSSR count). The normalized spacial score (nSPS) is 24.7. The molecule has 2 nitrogen and oxygen atoms in total. The van der Waals surface area contributed by atoms with Crippen LogP contribution in [-0.4, -0.2) is 29.5 Å². The van der Waals surface area contributed by atoms with Gasteiger partial charge in [-0.1, -0.05) is 44.2 Å². The summed E-state index contributed by atoms with van der Waals surface area (Å²) in [7, 11) is 0. The van der Waals surface area contributed by atoms with Crippen molar-refractivity contribution in [3.05, 3.63) is 60.2 Å². The zero-order chi connectivity index (χ0) is 19.4. The van der Waals surface area contributed by atoms with Gasteiger partial charge >= 0.3 is 0 Å². The topological polar surface area (TPSA) is 12.5 Å². The van der Waals surface area contributed by atoms with Crippen LogP contribution in [0.4, 0.5) is 0 Å². The van der Waals surface area contributed by atoms with E-state index in [9.17, 15) is 0 Å². The maximum Gasteiger partial charge on any atom is 0.119 e. The minimum Gasteiger partial charge on any atom is -0.491 e. The number of rotatable bonds is 6. The fraction of sp³-hybridized carbons (Fsp3) is 0.500. The van der Waals surface area contributed by atoms with E-state index in [1.54, 1.807) is 0 Å². The van der Waals surface area contributed by atoms with E-state index in [0.29, 0.717) is 11.3 Å². The summed E-state index contributed by atoms with van der Waals surface area (Å²) in [5.41, 5.74) is 1.61. The Kier molecular flexibility index (Phi) is 6.54. The van der Waals surface area contributed by atoms with E-state index >= 15 is 0 Å². The van der Waals surface area contributed by atoms with Crippen molar-refractivity contribution in [1.82, 2.24) is 4.90 Å². The van der Waals surface area contributed by atoms with E-state index in [4.69, 9.17) is 4.74 Å². The number of likely N-dealkylation sites (tertiary alicyclic amines) is 1. The van der Waals surface area contributed by atoms with Crippen molar-refractivity contribution in [1.29, 1.82) is 0 Å². The SMILES string of the molecule is CC(C)Oc1cccc(C2(C)CCN(C(C)Sc3ccccc3)CC2C)c1. The van der Waals surface area contributed by atoms with Gasteiger partial charge in [0.15, 0.2) is 0 Å². The van der Waals surface area contributed by atoms with Crippen LogP contribution >= 0.6 is 11.8 Å². The third-order valence-corrected chi connectivity index (χ3v) is 7.13. The van der Waals surface area contributed by atoms with Crippen molar-refractivity contribution in [2.75, 3.05) is 13.1 Å². The highest BCUT2D eigenvalue weighted by Crippen LogP contribution is 2.42. The molecule has 1 saturated heterocycles. The molecule has 1 heterocycles. The van der Waals surface area contributed by atoms with Gasteiger partial charge < -0.3 is 4.74 Å². The van der Waals surface area contributed by atoms with Crippen molar-refractivity contribution in [3.63, 3.8) is 0 Å². The highest BCUT2D eigenvalue weighted by molar-refractivity contribution is 7.99. The monoisotopic (exact) mass is 383 g/mol. The first kappa shape index (κ1) is 20.3. The molecule has 2 aromatic carbocycles. The molecule has 0 aliphatic carbocycles. The Morgan fingerprint density at radius 3 is 2.48 bits per heavy atom. The fourth-order valence-corrected chi connectivity index (χ4v) is 5.04. The van der Waals surface area contributed by atoms with E-state index in [-0.39, 0.29) is 11.5 Å². The molecule has 1 aliphatic rings. The maximum absolute atomic E-state index is 5.94. The van der Waals surface area contributed by atoms with Crippen LogP contribution < -0.4 is 4.74 Å². The van der Waals surface area contributed by atoms with Gasteiger partial charge in [0.05, 0.1) is 11.5 Å². The summed E-state index contributed by atoms with van der Waals surface area (Å²) >= 11 is 1.96. The number of nitrogens with zero attached hydrogens (tertiary/aromatic N) is 1. The van der Waals surface area contributed by atoms with E-state index in [0.717, 1.165) is 18.8 Å². The standard InChI is InChI=1S/C24H33NOS/c1-18(2)26-22-11-9-10-21(16-22)24(5)14-15-25(17-19(24)3)20(4)27-23-12-7-6-8-13-23/h6-13,16,18-20H,14-15,17H2,1-5H3. The molecular formula is C24H33NOS. The molecule has 3 heteroatoms. The van der Waals surface area contributed by atoms with Crippen LogP contribution in [-0.2, 0) is 5.41 Å². The van der Waals surface area contributed by atoms with Crippen LogP contribution in [0.5, 0.6) is 5.75 Å². The van der Waals surface area contributed by atoms with E-state index in [1.165, 1.54) is 16.9 Å². The van der Waals surface area contributed by atoms with Gasteiger partial charge in [-0.2, -0.15) is 0 Å². The van der Waals surface area contributed by atoms with E-state index in [2.05, 4.69) is 94.1 Å². The Morgan fingerprint density at radius 1 is 1.07 bits per heavy atom. The van der Waals surface area contributed by atoms with Crippen molar-refractivity contribution < 1.29 is 4.74 Å². The van der Waals surface area contributed by atoms with Crippen molar-refractivity contribution in [2.45, 2.75) is 62.8 Å². The van der Waals surface area contributed by atoms with Crippen LogP contribution in [0.2, 0.25) is 0 Å². The first-order valence-corrected chi connectivity index (χ1v) is 11.0. The summed E-state index contributed by atoms with van der Waals surface area (Å²) in [5, 5.41) is 0.495. The van der Waals surface area contributed by atoms with E-state index < -0.39 is 0 Å². The fourth-order valence-electron chi connectivity index (χ4n) is 3.99. The molecule has 0 aromatic heterocycles. The lowest BCUT2D eigenvalue weighted by atomic mass is 9.68. The van der Waals surface area contributed by atoms with Gasteiger partial charge in [0, 0.05) is 18.0 Å². The summed E-state index contributed by atoms with van der Waals surface area (Å²) in [6.45, 7) is 13.6. The molecule has 27 heavy (non-hydrogen) atoms. The minimum atomic E-state index is 0.198. The van der Waals surface area contributed by atoms with Crippen LogP contribution in [0.25, 0.3) is 0 Å². The number of ether oxygens (including phenoxy) is 1. The summed E-state index contributed by atoms with van der Waals surface area (Å²) in [5.74, 6) is 1.59. The Balaban J connectivity index is 1.68. The molecule has 146 valence electrons. The van der Waals surface area contributed by atoms with Crippen LogP contribution in [0.3, 0.4) is 0 Å². The summed E-state index contributed by atoms with van der Waals surface area (Å²) < 4.78 is 5.94. The maximum atomic E-state index is 5.94. The van der Waals surface area contributed by atoms with Gasteiger partial charge in [-0.15, -0.1) is 11.8 Å². The van der Waals surface area contributed by atoms with Gasteiger partial charge in [0.25, 0.3) is 0 Å². The van der Waals surface area contributed by atoms with Crippen LogP contribution in [0, 0.1) is 5.92 Å². The Morgan fingerprint density at radius 2 is 1.81 bits per heavy atom. The molecule has 0 radical (unpaired) electrons. The summed E-state index contributed by atoms with van der Waals surface area (Å²) in [6, 6.07) is 19.5. The Hall–Kier alpha value is -1.45. The lowest BCUT2D eigenvalue weighted by molar-refractivity contribution is 0.106. The van der Waals surface area contributed by atoms with Crippen molar-refractivity contribution in [2.24, 2.45) is 5.92 Å². The average molecular weight is 384 g/mol. The number of thioether (sulfide) groups is 1. The smallest absolute Gasteiger partial charge is 0.119 e. The van der Waals surface area contributed by atoms with Gasteiger partial charge in [-0.3, -0.25) is 4.90 Å². The van der Waals surface area contributed by atoms with Gasteiger partial charge in [0.2, 0.25) is 0 Å². The second-order valence-corrected chi connectivity index (χ2v) is 9.68. The second kappa shape index (κ2) is 8.70. The van der Waals surface area contributed by atoms with Crippen molar-refractivity contribution >= 4 is 11.8 Å². The highest BCUT2D eigenvalue weighted by atomic mass is 32.2. The lowest BCUT2D eigenvalue weighted by Crippen LogP contribution is -2.49. The molecule has 0 bridgehead atoms. The third-order valence-electron chi connectivity index (χ3n) is 5.94. The molecule has 3 unspecified atom stereocenters. The van der Waals surface area contributed by atoms with Crippen LogP contribution in [0.15, 0.2) is 59.5 Å². The van der Waals surface area contributed by atoms with Gasteiger partial charge in [0.1, 0.15) is 5.75 Å². The molecule has 0 amide bonds. The summed E-state index contributed by atoms with van der Waals surface area (Å²) in [4.78, 5) is 3.99. The zero-order valence-corrected chi connectivity index (χ0v) is 18.1. The predicted molar refractivity (Wildman–Crippen MR) is 117 cm³/mol. The number of piperidine rings is 1. The second-order valence-electron chi connectivity index (χ2n) is 8.29. The van der Waals surface area contributed by atoms with Crippen LogP contribution in [0.1, 0.15) is 46.6 Å². The Bertz CT molecular complexity index is 732. The molecule has 0 saturated carbocycles. The quantitative estimate of drug-likeness (QED) is 0.550. The molecule has 2 aromatic rings. The predicted octanol–water partition coefficient (Wildman–Crippen LogP) is 6.21. The molecule has 3 atom stereocenters. The number of hydrogen-bond acceptors (Lipinski definition) is 3. The van der Waals surface area contributed by atoms with E-state index in [1.807, 2.05) is 11.8 Å². The molecule has 0 spiro atoms. The molecule has 0 N–H and O–H groups in total. The zero-order valence-electron chi connectivity index (χ0n) is 17.3. The van der Waals surface area contributed by atoms with Gasteiger partial charge in [-0.25, -0.2) is 0 Å². The third kappa shape index (κ3) is 4.89. The van der Waals surface area contributed by atoms with Gasteiger partial charge in [-0.05, 0) is 68.4 Å². The largest absolute Gasteiger partial charge is 0.491 e. The first-order valence-electron chi connectivity index (χ1n) is 10.1. The number of hydrogen-bond donors (Lipinski definition) is 0. The average Bonchev–Trinajstić information content (AvgIpc) is 2.64. The lowest BCUT2D eigenvalue weighted by Gasteiger charge is -2.46. The van der Waals surface area contributed by atoms with Crippen molar-refractivity contribution in [3.8, 4) is 5.75 Å². The Labute approximate surface area is 169 Å². The minimum absolute atomic E-state index is 0.198. The first-order chi connectivity index (χ1) is 12.9. The summed E-state index contributed by atoms with van der Waals surface area (Å²) in [6.07, 6.45) is 1.39. The number of benzene rings is 2. The highest BCUT2D eigenvalue weighted by Gasteiger charge is 2.39. The molecular weight excluding hydrogens is 350 g/mol. The molecule has 1 aliphatic heterocycles.